The van der Waals surface area contributed by atoms with Gasteiger partial charge in [0.2, 0.25) is 17.7 Å². The summed E-state index contributed by atoms with van der Waals surface area (Å²) in [4.78, 5) is 31.8. The van der Waals surface area contributed by atoms with E-state index in [0.29, 0.717) is 46.6 Å². The van der Waals surface area contributed by atoms with Crippen LogP contribution in [-0.2, 0) is 22.4 Å². The Balaban J connectivity index is 1.52. The lowest BCUT2D eigenvalue weighted by atomic mass is 10.1. The van der Waals surface area contributed by atoms with E-state index in [9.17, 15) is 14.0 Å². The van der Waals surface area contributed by atoms with Crippen molar-refractivity contribution >= 4 is 34.0 Å². The highest BCUT2D eigenvalue weighted by Gasteiger charge is 2.13. The van der Waals surface area contributed by atoms with Gasteiger partial charge in [0.15, 0.2) is 11.0 Å². The largest absolute Gasteiger partial charge is 0.339 e. The SMILES string of the molecule is CCCc1noc(CCCC(=O)Nc2nc(-c3ccc(NC(C)=O)cc3F)cs2)n1. The van der Waals surface area contributed by atoms with Gasteiger partial charge in [-0.3, -0.25) is 9.59 Å². The Bertz CT molecular complexity index is 1030. The predicted octanol–water partition coefficient (Wildman–Crippen LogP) is 4.20. The van der Waals surface area contributed by atoms with Gasteiger partial charge < -0.3 is 15.2 Å². The van der Waals surface area contributed by atoms with Crippen molar-refractivity contribution in [1.29, 1.82) is 0 Å². The Morgan fingerprint density at radius 1 is 1.20 bits per heavy atom. The van der Waals surface area contributed by atoms with Crippen molar-refractivity contribution in [2.24, 2.45) is 0 Å². The summed E-state index contributed by atoms with van der Waals surface area (Å²) in [6.07, 6.45) is 3.09. The van der Waals surface area contributed by atoms with Gasteiger partial charge in [0.05, 0.1) is 5.69 Å². The molecule has 30 heavy (non-hydrogen) atoms. The lowest BCUT2D eigenvalue weighted by Gasteiger charge is -2.05. The molecule has 0 bridgehead atoms. The molecule has 0 atom stereocenters. The molecule has 3 aromatic rings. The second kappa shape index (κ2) is 10.1. The lowest BCUT2D eigenvalue weighted by Crippen LogP contribution is -2.11. The first-order valence-corrected chi connectivity index (χ1v) is 10.5. The average molecular weight is 431 g/mol. The van der Waals surface area contributed by atoms with Crippen molar-refractivity contribution in [3.8, 4) is 11.3 Å². The van der Waals surface area contributed by atoms with Crippen LogP contribution in [0.2, 0.25) is 0 Å². The summed E-state index contributed by atoms with van der Waals surface area (Å²) >= 11 is 1.21. The van der Waals surface area contributed by atoms with Gasteiger partial charge in [-0.2, -0.15) is 4.98 Å². The minimum atomic E-state index is -0.508. The van der Waals surface area contributed by atoms with Gasteiger partial charge in [0.1, 0.15) is 5.82 Å². The van der Waals surface area contributed by atoms with E-state index < -0.39 is 5.82 Å². The first kappa shape index (κ1) is 21.6. The number of benzene rings is 1. The van der Waals surface area contributed by atoms with Crippen molar-refractivity contribution in [2.45, 2.75) is 46.0 Å². The van der Waals surface area contributed by atoms with Crippen LogP contribution < -0.4 is 10.6 Å². The predicted molar refractivity (Wildman–Crippen MR) is 112 cm³/mol. The Hall–Kier alpha value is -3.14. The molecule has 0 fully saturated rings. The van der Waals surface area contributed by atoms with E-state index in [4.69, 9.17) is 4.52 Å². The fraction of sp³-hybridized carbons (Fsp3) is 0.350. The van der Waals surface area contributed by atoms with E-state index in [1.165, 1.54) is 24.3 Å². The molecule has 0 radical (unpaired) electrons. The summed E-state index contributed by atoms with van der Waals surface area (Å²) in [5.41, 5.74) is 1.08. The van der Waals surface area contributed by atoms with Crippen molar-refractivity contribution in [2.75, 3.05) is 10.6 Å². The summed E-state index contributed by atoms with van der Waals surface area (Å²) in [6.45, 7) is 3.40. The number of aryl methyl sites for hydroxylation is 2. The number of anilines is 2. The number of carbonyl (C=O) groups excluding carboxylic acids is 2. The molecule has 2 amide bonds. The van der Waals surface area contributed by atoms with Gasteiger partial charge in [0.25, 0.3) is 0 Å². The number of thiazole rings is 1. The molecule has 2 aromatic heterocycles. The van der Waals surface area contributed by atoms with E-state index in [2.05, 4.69) is 25.8 Å². The molecule has 2 heterocycles. The van der Waals surface area contributed by atoms with Crippen LogP contribution in [0.4, 0.5) is 15.2 Å². The van der Waals surface area contributed by atoms with Crippen molar-refractivity contribution in [1.82, 2.24) is 15.1 Å². The highest BCUT2D eigenvalue weighted by Crippen LogP contribution is 2.28. The molecule has 2 N–H and O–H groups in total. The maximum atomic E-state index is 14.3. The molecule has 3 rings (SSSR count). The fourth-order valence-corrected chi connectivity index (χ4v) is 3.48. The van der Waals surface area contributed by atoms with Crippen LogP contribution in [0.3, 0.4) is 0 Å². The molecule has 0 saturated carbocycles. The van der Waals surface area contributed by atoms with Gasteiger partial charge in [-0.15, -0.1) is 11.3 Å². The summed E-state index contributed by atoms with van der Waals surface area (Å²) in [5.74, 6) is 0.240. The monoisotopic (exact) mass is 431 g/mol. The molecule has 10 heteroatoms. The fourth-order valence-electron chi connectivity index (χ4n) is 2.76. The minimum absolute atomic E-state index is 0.189. The van der Waals surface area contributed by atoms with Crippen LogP contribution in [-0.4, -0.2) is 26.9 Å². The van der Waals surface area contributed by atoms with Gasteiger partial charge in [-0.1, -0.05) is 12.1 Å². The highest BCUT2D eigenvalue weighted by molar-refractivity contribution is 7.14. The smallest absolute Gasteiger partial charge is 0.226 e. The zero-order valence-electron chi connectivity index (χ0n) is 16.7. The van der Waals surface area contributed by atoms with Gasteiger partial charge >= 0.3 is 0 Å². The summed E-state index contributed by atoms with van der Waals surface area (Å²) in [6, 6.07) is 4.37. The van der Waals surface area contributed by atoms with Crippen LogP contribution in [0.25, 0.3) is 11.3 Å². The van der Waals surface area contributed by atoms with Gasteiger partial charge in [-0.25, -0.2) is 9.37 Å². The average Bonchev–Trinajstić information content (AvgIpc) is 3.31. The number of hydrogen-bond acceptors (Lipinski definition) is 7. The number of hydrogen-bond donors (Lipinski definition) is 2. The molecule has 0 unspecified atom stereocenters. The Morgan fingerprint density at radius 2 is 2.03 bits per heavy atom. The first-order valence-electron chi connectivity index (χ1n) is 9.59. The number of rotatable bonds is 9. The molecule has 8 nitrogen and oxygen atoms in total. The van der Waals surface area contributed by atoms with E-state index in [1.54, 1.807) is 17.5 Å². The third-order valence-corrected chi connectivity index (χ3v) is 4.85. The van der Waals surface area contributed by atoms with Crippen LogP contribution in [0.1, 0.15) is 44.8 Å². The zero-order chi connectivity index (χ0) is 21.5. The number of amides is 2. The maximum Gasteiger partial charge on any atom is 0.226 e. The molecule has 0 aliphatic carbocycles. The zero-order valence-corrected chi connectivity index (χ0v) is 17.5. The standard InChI is InChI=1S/C20H22FN5O3S/c1-3-5-17-24-19(29-26-17)7-4-6-18(28)25-20-23-16(11-30-20)14-9-8-13(10-15(14)21)22-12(2)27/h8-11H,3-7H2,1-2H3,(H,22,27)(H,23,25,28). The molecule has 0 saturated heterocycles. The topological polar surface area (TPSA) is 110 Å². The van der Waals surface area contributed by atoms with Crippen LogP contribution in [0.15, 0.2) is 28.1 Å². The quantitative estimate of drug-likeness (QED) is 0.525. The van der Waals surface area contributed by atoms with Gasteiger partial charge in [0, 0.05) is 42.8 Å². The Morgan fingerprint density at radius 3 is 2.77 bits per heavy atom. The van der Waals surface area contributed by atoms with E-state index in [-0.39, 0.29) is 18.2 Å². The molecule has 158 valence electrons. The summed E-state index contributed by atoms with van der Waals surface area (Å²) in [7, 11) is 0. The molecule has 0 aliphatic rings. The molecule has 0 spiro atoms. The number of aromatic nitrogens is 3. The van der Waals surface area contributed by atoms with Crippen molar-refractivity contribution in [3.63, 3.8) is 0 Å². The number of halogens is 1. The van der Waals surface area contributed by atoms with Crippen LogP contribution in [0.5, 0.6) is 0 Å². The Labute approximate surface area is 176 Å². The molecule has 1 aromatic carbocycles. The van der Waals surface area contributed by atoms with E-state index >= 15 is 0 Å². The van der Waals surface area contributed by atoms with Crippen LogP contribution in [0, 0.1) is 5.82 Å². The van der Waals surface area contributed by atoms with Crippen LogP contribution >= 0.6 is 11.3 Å². The van der Waals surface area contributed by atoms with Crippen molar-refractivity contribution in [3.05, 3.63) is 41.1 Å². The summed E-state index contributed by atoms with van der Waals surface area (Å²) in [5, 5.41) is 11.2. The number of carbonyl (C=O) groups is 2. The lowest BCUT2D eigenvalue weighted by molar-refractivity contribution is -0.116. The normalized spacial score (nSPS) is 10.8. The van der Waals surface area contributed by atoms with Gasteiger partial charge in [-0.05, 0) is 31.0 Å². The Kier molecular flexibility index (Phi) is 7.23. The van der Waals surface area contributed by atoms with E-state index in [1.807, 2.05) is 6.92 Å². The third kappa shape index (κ3) is 5.93. The first-order chi connectivity index (χ1) is 14.4. The second-order valence-electron chi connectivity index (χ2n) is 6.67. The molecular weight excluding hydrogens is 409 g/mol. The third-order valence-electron chi connectivity index (χ3n) is 4.09. The van der Waals surface area contributed by atoms with E-state index in [0.717, 1.165) is 12.8 Å². The molecular formula is C20H22FN5O3S. The second-order valence-corrected chi connectivity index (χ2v) is 7.53. The number of nitrogens with one attached hydrogen (secondary N) is 2. The molecule has 0 aliphatic heterocycles. The summed E-state index contributed by atoms with van der Waals surface area (Å²) < 4.78 is 19.5. The van der Waals surface area contributed by atoms with Crippen molar-refractivity contribution < 1.29 is 18.5 Å². The highest BCUT2D eigenvalue weighted by atomic mass is 32.1. The minimum Gasteiger partial charge on any atom is -0.339 e. The number of nitrogens with zero attached hydrogens (tertiary/aromatic N) is 3. The maximum absolute atomic E-state index is 14.3.